The maximum atomic E-state index is 10.5. The van der Waals surface area contributed by atoms with Gasteiger partial charge in [-0.25, -0.2) is 0 Å². The SMILES string of the molecule is COCC(NC1CC1)C(=O)O. The fraction of sp³-hybridized carbons (Fsp3) is 0.857. The Hall–Kier alpha value is -0.610. The molecule has 2 N–H and O–H groups in total. The third-order valence-electron chi connectivity index (χ3n) is 1.65. The molecule has 0 aliphatic heterocycles. The molecule has 1 aliphatic rings. The summed E-state index contributed by atoms with van der Waals surface area (Å²) in [4.78, 5) is 10.5. The standard InChI is InChI=1S/C7H13NO3/c1-11-4-6(7(9)10)8-5-2-3-5/h5-6,8H,2-4H2,1H3,(H,9,10). The lowest BCUT2D eigenvalue weighted by Gasteiger charge is -2.11. The zero-order valence-corrected chi connectivity index (χ0v) is 6.54. The van der Waals surface area contributed by atoms with E-state index in [-0.39, 0.29) is 6.61 Å². The topological polar surface area (TPSA) is 58.6 Å². The fourth-order valence-corrected chi connectivity index (χ4v) is 0.892. The highest BCUT2D eigenvalue weighted by molar-refractivity contribution is 5.73. The van der Waals surface area contributed by atoms with Crippen molar-refractivity contribution in [3.05, 3.63) is 0 Å². The Bertz CT molecular complexity index is 145. The predicted molar refractivity (Wildman–Crippen MR) is 39.5 cm³/mol. The van der Waals surface area contributed by atoms with Gasteiger partial charge in [0.2, 0.25) is 0 Å². The molecule has 1 atom stereocenters. The first-order valence-corrected chi connectivity index (χ1v) is 3.72. The number of nitrogens with one attached hydrogen (secondary N) is 1. The second kappa shape index (κ2) is 3.69. The highest BCUT2D eigenvalue weighted by Gasteiger charge is 2.27. The van der Waals surface area contributed by atoms with Gasteiger partial charge in [0.1, 0.15) is 6.04 Å². The van der Waals surface area contributed by atoms with Crippen LogP contribution in [0.5, 0.6) is 0 Å². The molecule has 0 bridgehead atoms. The zero-order valence-electron chi connectivity index (χ0n) is 6.54. The van der Waals surface area contributed by atoms with Crippen molar-refractivity contribution in [1.29, 1.82) is 0 Å². The molecular weight excluding hydrogens is 146 g/mol. The fourth-order valence-electron chi connectivity index (χ4n) is 0.892. The Balaban J connectivity index is 2.24. The Morgan fingerprint density at radius 2 is 2.45 bits per heavy atom. The maximum Gasteiger partial charge on any atom is 0.323 e. The van der Waals surface area contributed by atoms with Crippen LogP contribution in [0.25, 0.3) is 0 Å². The first-order valence-electron chi connectivity index (χ1n) is 3.72. The van der Waals surface area contributed by atoms with Crippen LogP contribution in [0.3, 0.4) is 0 Å². The zero-order chi connectivity index (χ0) is 8.27. The molecule has 0 aromatic rings. The van der Waals surface area contributed by atoms with E-state index in [2.05, 4.69) is 5.32 Å². The average Bonchev–Trinajstić information content (AvgIpc) is 2.70. The molecule has 0 radical (unpaired) electrons. The van der Waals surface area contributed by atoms with Crippen LogP contribution < -0.4 is 5.32 Å². The number of aliphatic carboxylic acids is 1. The van der Waals surface area contributed by atoms with Crippen LogP contribution in [0.2, 0.25) is 0 Å². The van der Waals surface area contributed by atoms with Crippen molar-refractivity contribution in [1.82, 2.24) is 5.32 Å². The lowest BCUT2D eigenvalue weighted by Crippen LogP contribution is -2.41. The Morgan fingerprint density at radius 1 is 1.82 bits per heavy atom. The van der Waals surface area contributed by atoms with Gasteiger partial charge in [0.05, 0.1) is 6.61 Å². The molecule has 4 nitrogen and oxygen atoms in total. The highest BCUT2D eigenvalue weighted by Crippen LogP contribution is 2.19. The maximum absolute atomic E-state index is 10.5. The van der Waals surface area contributed by atoms with E-state index in [1.807, 2.05) is 0 Å². The molecule has 0 aromatic heterocycles. The van der Waals surface area contributed by atoms with Crippen molar-refractivity contribution in [3.8, 4) is 0 Å². The van der Waals surface area contributed by atoms with Gasteiger partial charge in [-0.2, -0.15) is 0 Å². The van der Waals surface area contributed by atoms with Crippen LogP contribution in [0.4, 0.5) is 0 Å². The van der Waals surface area contributed by atoms with Crippen LogP contribution in [0.15, 0.2) is 0 Å². The average molecular weight is 159 g/mol. The van der Waals surface area contributed by atoms with E-state index in [1.54, 1.807) is 0 Å². The molecule has 0 saturated heterocycles. The Morgan fingerprint density at radius 3 is 2.82 bits per heavy atom. The predicted octanol–water partition coefficient (Wildman–Crippen LogP) is -0.162. The van der Waals surface area contributed by atoms with Crippen LogP contribution >= 0.6 is 0 Å². The number of hydrogen-bond donors (Lipinski definition) is 2. The van der Waals surface area contributed by atoms with Crippen LogP contribution in [-0.2, 0) is 9.53 Å². The first kappa shape index (κ1) is 8.49. The van der Waals surface area contributed by atoms with Crippen molar-refractivity contribution >= 4 is 5.97 Å². The third kappa shape index (κ3) is 2.86. The van der Waals surface area contributed by atoms with Gasteiger partial charge in [-0.15, -0.1) is 0 Å². The normalized spacial score (nSPS) is 19.7. The van der Waals surface area contributed by atoms with Crippen LogP contribution in [0, 0.1) is 0 Å². The molecule has 1 unspecified atom stereocenters. The molecule has 1 rings (SSSR count). The van der Waals surface area contributed by atoms with E-state index >= 15 is 0 Å². The minimum Gasteiger partial charge on any atom is -0.480 e. The largest absolute Gasteiger partial charge is 0.480 e. The lowest BCUT2D eigenvalue weighted by molar-refractivity contribution is -0.140. The second-order valence-electron chi connectivity index (χ2n) is 2.79. The summed E-state index contributed by atoms with van der Waals surface area (Å²) in [5.74, 6) is -0.834. The van der Waals surface area contributed by atoms with Crippen molar-refractivity contribution in [3.63, 3.8) is 0 Å². The molecule has 11 heavy (non-hydrogen) atoms. The van der Waals surface area contributed by atoms with E-state index < -0.39 is 12.0 Å². The van der Waals surface area contributed by atoms with Crippen molar-refractivity contribution in [2.24, 2.45) is 0 Å². The second-order valence-corrected chi connectivity index (χ2v) is 2.79. The summed E-state index contributed by atoms with van der Waals surface area (Å²) in [6.45, 7) is 0.242. The smallest absolute Gasteiger partial charge is 0.323 e. The van der Waals surface area contributed by atoms with Gasteiger partial charge in [0.25, 0.3) is 0 Å². The number of carbonyl (C=O) groups is 1. The molecule has 4 heteroatoms. The van der Waals surface area contributed by atoms with E-state index in [9.17, 15) is 4.79 Å². The minimum absolute atomic E-state index is 0.242. The van der Waals surface area contributed by atoms with Gasteiger partial charge in [-0.3, -0.25) is 10.1 Å². The number of carboxylic acids is 1. The molecule has 1 aliphatic carbocycles. The minimum atomic E-state index is -0.834. The number of ether oxygens (including phenoxy) is 1. The number of methoxy groups -OCH3 is 1. The van der Waals surface area contributed by atoms with Crippen molar-refractivity contribution in [2.45, 2.75) is 24.9 Å². The number of rotatable bonds is 5. The van der Waals surface area contributed by atoms with Gasteiger partial charge in [-0.05, 0) is 12.8 Å². The highest BCUT2D eigenvalue weighted by atomic mass is 16.5. The number of hydrogen-bond acceptors (Lipinski definition) is 3. The summed E-state index contributed by atoms with van der Waals surface area (Å²) in [5.41, 5.74) is 0. The van der Waals surface area contributed by atoms with Crippen molar-refractivity contribution < 1.29 is 14.6 Å². The summed E-state index contributed by atoms with van der Waals surface area (Å²) in [6.07, 6.45) is 2.18. The summed E-state index contributed by atoms with van der Waals surface area (Å²) in [7, 11) is 1.50. The summed E-state index contributed by atoms with van der Waals surface area (Å²) >= 11 is 0. The van der Waals surface area contributed by atoms with Gasteiger partial charge in [-0.1, -0.05) is 0 Å². The molecule has 64 valence electrons. The summed E-state index contributed by atoms with van der Waals surface area (Å²) in [5, 5.41) is 11.6. The molecule has 1 saturated carbocycles. The summed E-state index contributed by atoms with van der Waals surface area (Å²) < 4.78 is 4.75. The van der Waals surface area contributed by atoms with Crippen LogP contribution in [0.1, 0.15) is 12.8 Å². The molecule has 0 amide bonds. The van der Waals surface area contributed by atoms with E-state index in [0.29, 0.717) is 6.04 Å². The van der Waals surface area contributed by atoms with Gasteiger partial charge >= 0.3 is 5.97 Å². The molecule has 0 spiro atoms. The first-order chi connectivity index (χ1) is 5.24. The molecule has 1 fully saturated rings. The van der Waals surface area contributed by atoms with E-state index in [4.69, 9.17) is 9.84 Å². The third-order valence-corrected chi connectivity index (χ3v) is 1.65. The van der Waals surface area contributed by atoms with Gasteiger partial charge in [0, 0.05) is 13.2 Å². The molecular formula is C7H13NO3. The molecule has 0 heterocycles. The quantitative estimate of drug-likeness (QED) is 0.585. The lowest BCUT2D eigenvalue weighted by atomic mass is 10.3. The van der Waals surface area contributed by atoms with E-state index in [1.165, 1.54) is 7.11 Å². The monoisotopic (exact) mass is 159 g/mol. The van der Waals surface area contributed by atoms with Gasteiger partial charge in [0.15, 0.2) is 0 Å². The van der Waals surface area contributed by atoms with Crippen LogP contribution in [-0.4, -0.2) is 36.9 Å². The Labute approximate surface area is 65.5 Å². The molecule has 0 aromatic carbocycles. The Kier molecular flexibility index (Phi) is 2.84. The summed E-state index contributed by atoms with van der Waals surface area (Å²) in [6, 6.07) is -0.126. The van der Waals surface area contributed by atoms with Gasteiger partial charge < -0.3 is 9.84 Å². The van der Waals surface area contributed by atoms with Crippen molar-refractivity contribution in [2.75, 3.05) is 13.7 Å². The number of carboxylic acid groups (broad SMARTS) is 1. The van der Waals surface area contributed by atoms with E-state index in [0.717, 1.165) is 12.8 Å².